The number of benzene rings is 2. The van der Waals surface area contributed by atoms with E-state index in [1.54, 1.807) is 74.5 Å². The Morgan fingerprint density at radius 1 is 0.772 bits per heavy atom. The van der Waals surface area contributed by atoms with E-state index in [9.17, 15) is 27.6 Å². The first kappa shape index (κ1) is 44.1. The van der Waals surface area contributed by atoms with E-state index in [0.717, 1.165) is 12.0 Å². The fourth-order valence-corrected chi connectivity index (χ4v) is 5.46. The highest BCUT2D eigenvalue weighted by Gasteiger charge is 2.39. The largest absolute Gasteiger partial charge is 0.494 e. The molecule has 1 aromatic heterocycles. The number of unbranched alkanes of at least 4 members (excludes halogenated alkanes) is 2. The Bertz CT molecular complexity index is 1950. The van der Waals surface area contributed by atoms with Crippen molar-refractivity contribution in [3.05, 3.63) is 77.7 Å². The van der Waals surface area contributed by atoms with E-state index in [1.165, 1.54) is 9.13 Å². The number of hydrogen-bond acceptors (Lipinski definition) is 8. The molecule has 2 heterocycles. The van der Waals surface area contributed by atoms with E-state index in [-0.39, 0.29) is 11.5 Å². The second-order valence-electron chi connectivity index (χ2n) is 15.2. The van der Waals surface area contributed by atoms with Crippen molar-refractivity contribution in [2.24, 2.45) is 20.7 Å². The number of ether oxygens (including phenoxy) is 4. The zero-order valence-electron chi connectivity index (χ0n) is 33.3. The van der Waals surface area contributed by atoms with E-state index in [2.05, 4.69) is 15.0 Å². The normalized spacial score (nSPS) is 14.3. The van der Waals surface area contributed by atoms with Crippen molar-refractivity contribution in [1.29, 1.82) is 0 Å². The third-order valence-corrected chi connectivity index (χ3v) is 8.05. The van der Waals surface area contributed by atoms with Crippen molar-refractivity contribution >= 4 is 29.8 Å². The molecule has 57 heavy (non-hydrogen) atoms. The van der Waals surface area contributed by atoms with Crippen LogP contribution >= 0.6 is 0 Å². The Labute approximate surface area is 330 Å². The van der Waals surface area contributed by atoms with Gasteiger partial charge in [-0.25, -0.2) is 9.59 Å². The predicted octanol–water partition coefficient (Wildman–Crippen LogP) is 7.03. The van der Waals surface area contributed by atoms with Crippen LogP contribution in [0.2, 0.25) is 0 Å². The summed E-state index contributed by atoms with van der Waals surface area (Å²) in [5.74, 6) is -0.471. The minimum Gasteiger partial charge on any atom is -0.494 e. The van der Waals surface area contributed by atoms with Gasteiger partial charge in [0.05, 0.1) is 13.2 Å². The number of carbonyl (C=O) groups is 3. The molecule has 0 saturated carbocycles. The maximum Gasteiger partial charge on any atom is 0.473 e. The Balaban J connectivity index is 1.26. The molecule has 0 unspecified atom stereocenters. The molecule has 1 aliphatic heterocycles. The molecule has 2 N–H and O–H groups in total. The standard InChI is InChI=1S/C40H52F3N7O7/c1-38(2,3)56-36(52)46-32(44)28-12-16-30(17-13-28)54-26-9-7-21-48-24-25-49(35(48)47-34(51)40(41,42)43)22-8-10-27-55-31-18-14-29(15-19-31)33-45-20-11-23-50(33)37(53)57-39(4,5)6/h12-19,24-25H,7-11,20-23,26-27H2,1-6H3,(H2,44,46,52). The molecule has 0 fully saturated rings. The van der Waals surface area contributed by atoms with Crippen LogP contribution in [0.1, 0.15) is 84.8 Å². The highest BCUT2D eigenvalue weighted by atomic mass is 19.4. The minimum absolute atomic E-state index is 0.00162. The third-order valence-electron chi connectivity index (χ3n) is 8.05. The second kappa shape index (κ2) is 19.5. The number of halogens is 3. The number of nitrogens with two attached hydrogens (primary N) is 1. The molecule has 3 amide bonds. The van der Waals surface area contributed by atoms with Crippen LogP contribution in [-0.2, 0) is 27.4 Å². The number of amides is 3. The van der Waals surface area contributed by atoms with Gasteiger partial charge in [-0.05, 0) is 122 Å². The van der Waals surface area contributed by atoms with Crippen molar-refractivity contribution in [1.82, 2.24) is 14.0 Å². The molecule has 4 rings (SSSR count). The number of aliphatic imine (C=N–C) groups is 2. The van der Waals surface area contributed by atoms with Crippen molar-refractivity contribution < 1.29 is 46.5 Å². The molecule has 3 aromatic rings. The summed E-state index contributed by atoms with van der Waals surface area (Å²) in [6.07, 6.45) is -0.193. The van der Waals surface area contributed by atoms with Crippen molar-refractivity contribution in [3.63, 3.8) is 0 Å². The third kappa shape index (κ3) is 14.4. The Kier molecular flexibility index (Phi) is 15.1. The maximum atomic E-state index is 13.2. The van der Waals surface area contributed by atoms with E-state index in [0.29, 0.717) is 88.0 Å². The molecule has 0 saturated heterocycles. The zero-order chi connectivity index (χ0) is 41.8. The van der Waals surface area contributed by atoms with Gasteiger partial charge in [-0.3, -0.25) is 14.7 Å². The quantitative estimate of drug-likeness (QED) is 0.103. The molecule has 14 nitrogen and oxygen atoms in total. The first-order chi connectivity index (χ1) is 26.8. The number of rotatable bonds is 14. The molecule has 0 atom stereocenters. The van der Waals surface area contributed by atoms with Gasteiger partial charge in [-0.1, -0.05) is 0 Å². The number of aryl methyl sites for hydroxylation is 2. The van der Waals surface area contributed by atoms with E-state index < -0.39 is 35.5 Å². The topological polar surface area (TPSA) is 164 Å². The first-order valence-electron chi connectivity index (χ1n) is 18.8. The van der Waals surface area contributed by atoms with Gasteiger partial charge >= 0.3 is 24.3 Å². The minimum atomic E-state index is -5.11. The van der Waals surface area contributed by atoms with Gasteiger partial charge in [0.1, 0.15) is 34.4 Å². The summed E-state index contributed by atoms with van der Waals surface area (Å²) in [6, 6.07) is 13.9. The molecule has 17 heteroatoms. The highest BCUT2D eigenvalue weighted by molar-refractivity contribution is 6.07. The van der Waals surface area contributed by atoms with Crippen molar-refractivity contribution in [2.45, 2.75) is 104 Å². The first-order valence-corrected chi connectivity index (χ1v) is 18.8. The monoisotopic (exact) mass is 799 g/mol. The summed E-state index contributed by atoms with van der Waals surface area (Å²) in [7, 11) is 0. The molecular weight excluding hydrogens is 747 g/mol. The summed E-state index contributed by atoms with van der Waals surface area (Å²) in [4.78, 5) is 49.9. The van der Waals surface area contributed by atoms with Gasteiger partial charge in [0.2, 0.25) is 5.62 Å². The van der Waals surface area contributed by atoms with Gasteiger partial charge in [-0.15, -0.1) is 0 Å². The Morgan fingerprint density at radius 3 is 1.81 bits per heavy atom. The van der Waals surface area contributed by atoms with Crippen LogP contribution in [0.15, 0.2) is 75.9 Å². The van der Waals surface area contributed by atoms with Gasteiger partial charge in [-0.2, -0.15) is 23.2 Å². The van der Waals surface area contributed by atoms with Gasteiger partial charge in [0, 0.05) is 49.7 Å². The van der Waals surface area contributed by atoms with Crippen LogP contribution < -0.4 is 20.8 Å². The fraction of sp³-hybridized carbons (Fsp3) is 0.500. The SMILES string of the molecule is CC(C)(C)OC(=O)/N=C(\N)c1ccc(OCCCCn2ccn(CCCCOc3ccc(C4=NCCCN4C(=O)OC(C)(C)C)cc3)c2=NC(=O)C(F)(F)F)cc1. The lowest BCUT2D eigenvalue weighted by Gasteiger charge is -2.30. The summed E-state index contributed by atoms with van der Waals surface area (Å²) in [5, 5.41) is 0. The number of imidazole rings is 1. The van der Waals surface area contributed by atoms with Crippen LogP contribution in [-0.4, -0.2) is 87.5 Å². The van der Waals surface area contributed by atoms with Crippen LogP contribution in [0.5, 0.6) is 11.5 Å². The second-order valence-corrected chi connectivity index (χ2v) is 15.2. The van der Waals surface area contributed by atoms with Crippen LogP contribution in [0.3, 0.4) is 0 Å². The Morgan fingerprint density at radius 2 is 1.30 bits per heavy atom. The molecule has 0 spiro atoms. The summed E-state index contributed by atoms with van der Waals surface area (Å²) < 4.78 is 65.0. The van der Waals surface area contributed by atoms with Gasteiger partial charge in [0.25, 0.3) is 0 Å². The zero-order valence-corrected chi connectivity index (χ0v) is 33.3. The number of carbonyl (C=O) groups excluding carboxylic acids is 3. The van der Waals surface area contributed by atoms with Crippen LogP contribution in [0.4, 0.5) is 22.8 Å². The molecule has 310 valence electrons. The lowest BCUT2D eigenvalue weighted by molar-refractivity contribution is -0.169. The van der Waals surface area contributed by atoms with E-state index >= 15 is 0 Å². The molecule has 2 aromatic carbocycles. The van der Waals surface area contributed by atoms with Gasteiger partial charge in [0.15, 0.2) is 0 Å². The van der Waals surface area contributed by atoms with Crippen LogP contribution in [0, 0.1) is 0 Å². The fourth-order valence-electron chi connectivity index (χ4n) is 5.46. The van der Waals surface area contributed by atoms with E-state index in [4.69, 9.17) is 24.7 Å². The summed E-state index contributed by atoms with van der Waals surface area (Å²) >= 11 is 0. The number of nitrogens with zero attached hydrogens (tertiary/aromatic N) is 6. The molecule has 0 aliphatic carbocycles. The predicted molar refractivity (Wildman–Crippen MR) is 207 cm³/mol. The average Bonchev–Trinajstić information content (AvgIpc) is 3.50. The number of aromatic nitrogens is 2. The molecular formula is C40H52F3N7O7. The van der Waals surface area contributed by atoms with Crippen LogP contribution in [0.25, 0.3) is 0 Å². The average molecular weight is 800 g/mol. The van der Waals surface area contributed by atoms with Crippen molar-refractivity contribution in [3.8, 4) is 11.5 Å². The number of alkyl halides is 3. The highest BCUT2D eigenvalue weighted by Crippen LogP contribution is 2.20. The smallest absolute Gasteiger partial charge is 0.473 e. The lowest BCUT2D eigenvalue weighted by Crippen LogP contribution is -2.44. The summed E-state index contributed by atoms with van der Waals surface area (Å²) in [5.41, 5.74) is 5.77. The van der Waals surface area contributed by atoms with E-state index in [1.807, 2.05) is 32.9 Å². The maximum absolute atomic E-state index is 13.2. The molecule has 0 radical (unpaired) electrons. The molecule has 0 bridgehead atoms. The number of hydrogen-bond donors (Lipinski definition) is 1. The Hall–Kier alpha value is -5.61. The lowest BCUT2D eigenvalue weighted by atomic mass is 10.1. The number of amidine groups is 2. The molecule has 1 aliphatic rings. The summed E-state index contributed by atoms with van der Waals surface area (Å²) in [6.45, 7) is 13.0. The van der Waals surface area contributed by atoms with Gasteiger partial charge < -0.3 is 33.8 Å². The van der Waals surface area contributed by atoms with Crippen molar-refractivity contribution in [2.75, 3.05) is 26.3 Å².